The average Bonchev–Trinajstić information content (AvgIpc) is 3.14. The van der Waals surface area contributed by atoms with Gasteiger partial charge in [0.2, 0.25) is 5.91 Å². The summed E-state index contributed by atoms with van der Waals surface area (Å²) >= 11 is 0. The van der Waals surface area contributed by atoms with Crippen molar-refractivity contribution >= 4 is 11.9 Å². The molecule has 1 atom stereocenters. The molecule has 1 aliphatic heterocycles. The summed E-state index contributed by atoms with van der Waals surface area (Å²) in [7, 11) is 0. The molecule has 1 aromatic carbocycles. The molecular formula is C24H31NO3. The Labute approximate surface area is 167 Å². The van der Waals surface area contributed by atoms with Crippen LogP contribution in [0.2, 0.25) is 0 Å². The summed E-state index contributed by atoms with van der Waals surface area (Å²) < 4.78 is 5.63. The SMILES string of the molecule is Cc1cccc(COC(=O)[C@@H]2CCCN2C(=O)C23CC4CC(CC(C4)C2)C3)c1. The zero-order valence-electron chi connectivity index (χ0n) is 16.9. The Morgan fingerprint density at radius 1 is 1.11 bits per heavy atom. The predicted octanol–water partition coefficient (Wildman–Crippen LogP) is 4.25. The van der Waals surface area contributed by atoms with E-state index in [1.807, 2.05) is 36.1 Å². The fraction of sp³-hybridized carbons (Fsp3) is 0.667. The van der Waals surface area contributed by atoms with Gasteiger partial charge in [-0.05, 0) is 81.6 Å². The molecule has 0 unspecified atom stereocenters. The van der Waals surface area contributed by atoms with Crippen LogP contribution in [-0.2, 0) is 20.9 Å². The number of likely N-dealkylation sites (tertiary alicyclic amines) is 1. The zero-order valence-corrected chi connectivity index (χ0v) is 16.9. The second kappa shape index (κ2) is 6.89. The molecule has 1 aromatic rings. The van der Waals surface area contributed by atoms with Crippen LogP contribution in [-0.4, -0.2) is 29.4 Å². The van der Waals surface area contributed by atoms with Gasteiger partial charge in [0.05, 0.1) is 5.41 Å². The van der Waals surface area contributed by atoms with Gasteiger partial charge in [0.25, 0.3) is 0 Å². The minimum atomic E-state index is -0.384. The lowest BCUT2D eigenvalue weighted by Crippen LogP contribution is -2.56. The van der Waals surface area contributed by atoms with Crippen LogP contribution in [0.4, 0.5) is 0 Å². The van der Waals surface area contributed by atoms with Gasteiger partial charge in [0.15, 0.2) is 0 Å². The number of rotatable bonds is 4. The number of carbonyl (C=O) groups excluding carboxylic acids is 2. The monoisotopic (exact) mass is 381 g/mol. The van der Waals surface area contributed by atoms with Crippen molar-refractivity contribution in [1.29, 1.82) is 0 Å². The number of amides is 1. The number of hydrogen-bond acceptors (Lipinski definition) is 3. The first-order chi connectivity index (χ1) is 13.5. The highest BCUT2D eigenvalue weighted by Crippen LogP contribution is 2.60. The summed E-state index contributed by atoms with van der Waals surface area (Å²) in [6, 6.07) is 7.66. The lowest BCUT2D eigenvalue weighted by molar-refractivity contribution is -0.166. The Morgan fingerprint density at radius 2 is 1.79 bits per heavy atom. The van der Waals surface area contributed by atoms with Crippen molar-refractivity contribution in [3.8, 4) is 0 Å². The van der Waals surface area contributed by atoms with Crippen LogP contribution in [0.25, 0.3) is 0 Å². The van der Waals surface area contributed by atoms with Gasteiger partial charge >= 0.3 is 5.97 Å². The number of benzene rings is 1. The van der Waals surface area contributed by atoms with Gasteiger partial charge in [-0.25, -0.2) is 4.79 Å². The van der Waals surface area contributed by atoms with E-state index in [9.17, 15) is 9.59 Å². The summed E-state index contributed by atoms with van der Waals surface area (Å²) in [4.78, 5) is 28.4. The number of nitrogens with zero attached hydrogens (tertiary/aromatic N) is 1. The highest BCUT2D eigenvalue weighted by Gasteiger charge is 2.56. The molecule has 150 valence electrons. The highest BCUT2D eigenvalue weighted by molar-refractivity contribution is 5.89. The summed E-state index contributed by atoms with van der Waals surface area (Å²) in [6.07, 6.45) is 8.79. The molecule has 0 N–H and O–H groups in total. The molecule has 0 aromatic heterocycles. The molecule has 1 saturated heterocycles. The van der Waals surface area contributed by atoms with Gasteiger partial charge in [-0.1, -0.05) is 29.8 Å². The van der Waals surface area contributed by atoms with Gasteiger partial charge in [-0.15, -0.1) is 0 Å². The largest absolute Gasteiger partial charge is 0.459 e. The molecule has 5 aliphatic rings. The standard InChI is InChI=1S/C24H31NO3/c1-16-4-2-5-17(8-16)15-28-22(26)21-6-3-7-25(21)23(27)24-12-18-9-19(13-24)11-20(10-18)14-24/h2,4-5,8,18-21H,3,6-7,9-15H2,1H3/t18?,19?,20?,21-,24?/m0/s1. The second-order valence-electron chi connectivity index (χ2n) is 9.95. The number of ether oxygens (including phenoxy) is 1. The van der Waals surface area contributed by atoms with Crippen LogP contribution < -0.4 is 0 Å². The molecule has 6 rings (SSSR count). The number of hydrogen-bond donors (Lipinski definition) is 0. The first-order valence-corrected chi connectivity index (χ1v) is 11.1. The highest BCUT2D eigenvalue weighted by atomic mass is 16.5. The Bertz CT molecular complexity index is 751. The van der Waals surface area contributed by atoms with E-state index >= 15 is 0 Å². The molecule has 4 aliphatic carbocycles. The maximum absolute atomic E-state index is 13.7. The van der Waals surface area contributed by atoms with E-state index in [4.69, 9.17) is 4.74 Å². The normalized spacial score (nSPS) is 36.0. The van der Waals surface area contributed by atoms with Crippen molar-refractivity contribution in [1.82, 2.24) is 4.90 Å². The smallest absolute Gasteiger partial charge is 0.329 e. The van der Waals surface area contributed by atoms with E-state index in [1.54, 1.807) is 0 Å². The van der Waals surface area contributed by atoms with Crippen LogP contribution in [0.1, 0.15) is 62.5 Å². The van der Waals surface area contributed by atoms with Crippen molar-refractivity contribution in [2.45, 2.75) is 70.9 Å². The molecule has 4 heteroatoms. The van der Waals surface area contributed by atoms with Crippen molar-refractivity contribution in [2.24, 2.45) is 23.2 Å². The second-order valence-corrected chi connectivity index (χ2v) is 9.95. The van der Waals surface area contributed by atoms with Gasteiger partial charge in [-0.2, -0.15) is 0 Å². The van der Waals surface area contributed by atoms with Crippen molar-refractivity contribution in [3.05, 3.63) is 35.4 Å². The third-order valence-electron chi connectivity index (χ3n) is 7.74. The van der Waals surface area contributed by atoms with Crippen LogP contribution >= 0.6 is 0 Å². The maximum Gasteiger partial charge on any atom is 0.329 e. The summed E-state index contributed by atoms with van der Waals surface area (Å²) in [5, 5.41) is 0. The lowest BCUT2D eigenvalue weighted by Gasteiger charge is -2.56. The molecule has 28 heavy (non-hydrogen) atoms. The molecule has 1 amide bonds. The summed E-state index contributed by atoms with van der Waals surface area (Å²) in [5.41, 5.74) is 1.99. The first kappa shape index (κ1) is 18.2. The zero-order chi connectivity index (χ0) is 19.3. The number of esters is 1. The quantitative estimate of drug-likeness (QED) is 0.733. The van der Waals surface area contributed by atoms with Crippen LogP contribution in [0, 0.1) is 30.1 Å². The Balaban J connectivity index is 1.27. The average molecular weight is 382 g/mol. The van der Waals surface area contributed by atoms with E-state index in [0.29, 0.717) is 6.54 Å². The van der Waals surface area contributed by atoms with Crippen molar-refractivity contribution < 1.29 is 14.3 Å². The minimum Gasteiger partial charge on any atom is -0.459 e. The van der Waals surface area contributed by atoms with E-state index in [2.05, 4.69) is 0 Å². The third-order valence-corrected chi connectivity index (χ3v) is 7.74. The molecule has 4 saturated carbocycles. The minimum absolute atomic E-state index is 0.172. The molecule has 4 bridgehead atoms. The topological polar surface area (TPSA) is 46.6 Å². The summed E-state index contributed by atoms with van der Waals surface area (Å²) in [5.74, 6) is 2.26. The Hall–Kier alpha value is -1.84. The van der Waals surface area contributed by atoms with E-state index < -0.39 is 0 Å². The maximum atomic E-state index is 13.7. The van der Waals surface area contributed by atoms with Gasteiger partial charge < -0.3 is 9.64 Å². The molecule has 0 radical (unpaired) electrons. The Morgan fingerprint density at radius 3 is 2.43 bits per heavy atom. The summed E-state index contributed by atoms with van der Waals surface area (Å²) in [6.45, 7) is 3.04. The van der Waals surface area contributed by atoms with E-state index in [0.717, 1.165) is 61.0 Å². The van der Waals surface area contributed by atoms with Gasteiger partial charge in [-0.3, -0.25) is 4.79 Å². The fourth-order valence-electron chi connectivity index (χ4n) is 6.98. The van der Waals surface area contributed by atoms with Crippen molar-refractivity contribution in [3.63, 3.8) is 0 Å². The number of aryl methyl sites for hydroxylation is 1. The van der Waals surface area contributed by atoms with Crippen LogP contribution in [0.3, 0.4) is 0 Å². The third kappa shape index (κ3) is 3.15. The fourth-order valence-corrected chi connectivity index (χ4v) is 6.98. The number of carbonyl (C=O) groups is 2. The predicted molar refractivity (Wildman–Crippen MR) is 106 cm³/mol. The van der Waals surface area contributed by atoms with Crippen LogP contribution in [0.15, 0.2) is 24.3 Å². The molecule has 4 nitrogen and oxygen atoms in total. The van der Waals surface area contributed by atoms with Gasteiger partial charge in [0, 0.05) is 6.54 Å². The molecule has 1 heterocycles. The van der Waals surface area contributed by atoms with E-state index in [-0.39, 0.29) is 29.9 Å². The molecule has 5 fully saturated rings. The van der Waals surface area contributed by atoms with Gasteiger partial charge in [0.1, 0.15) is 12.6 Å². The molecule has 0 spiro atoms. The van der Waals surface area contributed by atoms with E-state index in [1.165, 1.54) is 19.3 Å². The van der Waals surface area contributed by atoms with Crippen LogP contribution in [0.5, 0.6) is 0 Å². The lowest BCUT2D eigenvalue weighted by atomic mass is 9.49. The van der Waals surface area contributed by atoms with Crippen molar-refractivity contribution in [2.75, 3.05) is 6.54 Å². The molecular weight excluding hydrogens is 350 g/mol. The Kier molecular flexibility index (Phi) is 4.48. The first-order valence-electron chi connectivity index (χ1n) is 11.1.